The summed E-state index contributed by atoms with van der Waals surface area (Å²) in [7, 11) is 3.38. The van der Waals surface area contributed by atoms with Crippen molar-refractivity contribution in [2.24, 2.45) is 0 Å². The lowest BCUT2D eigenvalue weighted by Crippen LogP contribution is -2.23. The lowest BCUT2D eigenvalue weighted by atomic mass is 10.2. The smallest absolute Gasteiger partial charge is 0.253 e. The summed E-state index contributed by atoms with van der Waals surface area (Å²) >= 11 is 0. The average molecular weight is 369 g/mol. The summed E-state index contributed by atoms with van der Waals surface area (Å²) in [6, 6.07) is 14.4. The molecule has 2 amide bonds. The molecule has 2 aromatic rings. The third kappa shape index (κ3) is 6.33. The molecule has 0 bridgehead atoms. The van der Waals surface area contributed by atoms with Crippen LogP contribution in [-0.2, 0) is 4.79 Å². The van der Waals surface area contributed by atoms with Gasteiger partial charge in [0.05, 0.1) is 12.6 Å². The van der Waals surface area contributed by atoms with E-state index in [0.717, 1.165) is 17.9 Å². The molecule has 144 valence electrons. The third-order valence-corrected chi connectivity index (χ3v) is 4.02. The highest BCUT2D eigenvalue weighted by atomic mass is 16.5. The van der Waals surface area contributed by atoms with Crippen LogP contribution in [0.4, 0.5) is 11.4 Å². The van der Waals surface area contributed by atoms with Crippen LogP contribution in [-0.4, -0.2) is 43.5 Å². The summed E-state index contributed by atoms with van der Waals surface area (Å²) in [6.45, 7) is 4.22. The van der Waals surface area contributed by atoms with Crippen LogP contribution < -0.4 is 15.4 Å². The Morgan fingerprint density at radius 3 is 2.41 bits per heavy atom. The van der Waals surface area contributed by atoms with Gasteiger partial charge in [0, 0.05) is 31.0 Å². The SMILES string of the molecule is CCC(C)Oc1ccc(NCC(=O)Nc2cccc(C(=O)N(C)C)c2)cc1. The highest BCUT2D eigenvalue weighted by Crippen LogP contribution is 2.17. The van der Waals surface area contributed by atoms with Crippen molar-refractivity contribution in [3.8, 4) is 5.75 Å². The van der Waals surface area contributed by atoms with Gasteiger partial charge >= 0.3 is 0 Å². The molecular formula is C21H27N3O3. The van der Waals surface area contributed by atoms with Crippen LogP contribution in [0.2, 0.25) is 0 Å². The molecule has 0 fully saturated rings. The maximum Gasteiger partial charge on any atom is 0.253 e. The Kier molecular flexibility index (Phi) is 7.23. The fourth-order valence-corrected chi connectivity index (χ4v) is 2.34. The van der Waals surface area contributed by atoms with Gasteiger partial charge in [-0.1, -0.05) is 13.0 Å². The molecular weight excluding hydrogens is 342 g/mol. The fraction of sp³-hybridized carbons (Fsp3) is 0.333. The van der Waals surface area contributed by atoms with Crippen molar-refractivity contribution >= 4 is 23.2 Å². The molecule has 6 heteroatoms. The van der Waals surface area contributed by atoms with Crippen molar-refractivity contribution in [2.75, 3.05) is 31.3 Å². The van der Waals surface area contributed by atoms with Crippen LogP contribution in [0.15, 0.2) is 48.5 Å². The molecule has 0 aliphatic carbocycles. The minimum Gasteiger partial charge on any atom is -0.491 e. The highest BCUT2D eigenvalue weighted by molar-refractivity contribution is 5.97. The van der Waals surface area contributed by atoms with Crippen molar-refractivity contribution in [3.63, 3.8) is 0 Å². The Morgan fingerprint density at radius 1 is 1.07 bits per heavy atom. The molecule has 0 saturated carbocycles. The standard InChI is InChI=1S/C21H27N3O3/c1-5-15(2)27-19-11-9-17(10-12-19)22-14-20(25)23-18-8-6-7-16(13-18)21(26)24(3)4/h6-13,15,22H,5,14H2,1-4H3,(H,23,25). The van der Waals surface area contributed by atoms with Gasteiger partial charge in [-0.2, -0.15) is 0 Å². The highest BCUT2D eigenvalue weighted by Gasteiger charge is 2.09. The first-order chi connectivity index (χ1) is 12.9. The van der Waals surface area contributed by atoms with E-state index in [1.54, 1.807) is 38.4 Å². The minimum absolute atomic E-state index is 0.107. The van der Waals surface area contributed by atoms with Crippen molar-refractivity contribution in [3.05, 3.63) is 54.1 Å². The number of benzene rings is 2. The topological polar surface area (TPSA) is 70.7 Å². The Bertz CT molecular complexity index is 772. The predicted octanol–water partition coefficient (Wildman–Crippen LogP) is 3.62. The molecule has 1 unspecified atom stereocenters. The van der Waals surface area contributed by atoms with Crippen LogP contribution in [0.25, 0.3) is 0 Å². The second kappa shape index (κ2) is 9.62. The quantitative estimate of drug-likeness (QED) is 0.746. The van der Waals surface area contributed by atoms with Crippen LogP contribution in [0.5, 0.6) is 5.75 Å². The van der Waals surface area contributed by atoms with E-state index in [0.29, 0.717) is 11.3 Å². The molecule has 0 spiro atoms. The van der Waals surface area contributed by atoms with Gasteiger partial charge in [-0.05, 0) is 55.8 Å². The largest absolute Gasteiger partial charge is 0.491 e. The molecule has 0 aliphatic heterocycles. The molecule has 27 heavy (non-hydrogen) atoms. The zero-order chi connectivity index (χ0) is 19.8. The summed E-state index contributed by atoms with van der Waals surface area (Å²) in [5.74, 6) is 0.509. The van der Waals surface area contributed by atoms with Crippen molar-refractivity contribution in [2.45, 2.75) is 26.4 Å². The zero-order valence-electron chi connectivity index (χ0n) is 16.3. The van der Waals surface area contributed by atoms with E-state index in [4.69, 9.17) is 4.74 Å². The average Bonchev–Trinajstić information content (AvgIpc) is 2.66. The first-order valence-corrected chi connectivity index (χ1v) is 9.01. The number of carbonyl (C=O) groups is 2. The lowest BCUT2D eigenvalue weighted by Gasteiger charge is -2.13. The lowest BCUT2D eigenvalue weighted by molar-refractivity contribution is -0.114. The molecule has 1 atom stereocenters. The number of nitrogens with one attached hydrogen (secondary N) is 2. The summed E-state index contributed by atoms with van der Waals surface area (Å²) in [4.78, 5) is 25.7. The number of rotatable bonds is 8. The Balaban J connectivity index is 1.87. The van der Waals surface area contributed by atoms with Gasteiger partial charge in [0.15, 0.2) is 0 Å². The monoisotopic (exact) mass is 369 g/mol. The number of nitrogens with zero attached hydrogens (tertiary/aromatic N) is 1. The van der Waals surface area contributed by atoms with Crippen LogP contribution >= 0.6 is 0 Å². The molecule has 2 rings (SSSR count). The van der Waals surface area contributed by atoms with Crippen LogP contribution in [0.1, 0.15) is 30.6 Å². The van der Waals surface area contributed by atoms with E-state index in [1.807, 2.05) is 31.2 Å². The molecule has 6 nitrogen and oxygen atoms in total. The van der Waals surface area contributed by atoms with Crippen LogP contribution in [0.3, 0.4) is 0 Å². The molecule has 2 N–H and O–H groups in total. The number of carbonyl (C=O) groups excluding carboxylic acids is 2. The first-order valence-electron chi connectivity index (χ1n) is 9.01. The first kappa shape index (κ1) is 20.3. The Morgan fingerprint density at radius 2 is 1.78 bits per heavy atom. The summed E-state index contributed by atoms with van der Waals surface area (Å²) in [5.41, 5.74) is 1.95. The van der Waals surface area contributed by atoms with E-state index in [-0.39, 0.29) is 24.5 Å². The second-order valence-corrected chi connectivity index (χ2v) is 6.54. The van der Waals surface area contributed by atoms with Gasteiger partial charge < -0.3 is 20.3 Å². The Labute approximate surface area is 160 Å². The van der Waals surface area contributed by atoms with E-state index in [9.17, 15) is 9.59 Å². The van der Waals surface area contributed by atoms with Gasteiger partial charge in [-0.25, -0.2) is 0 Å². The second-order valence-electron chi connectivity index (χ2n) is 6.54. The molecule has 0 radical (unpaired) electrons. The van der Waals surface area contributed by atoms with Gasteiger partial charge in [0.2, 0.25) is 5.91 Å². The number of hydrogen-bond donors (Lipinski definition) is 2. The summed E-state index contributed by atoms with van der Waals surface area (Å²) in [6.07, 6.45) is 1.12. The van der Waals surface area contributed by atoms with Gasteiger partial charge in [0.1, 0.15) is 5.75 Å². The normalized spacial score (nSPS) is 11.4. The van der Waals surface area contributed by atoms with Gasteiger partial charge in [0.25, 0.3) is 5.91 Å². The number of ether oxygens (including phenoxy) is 1. The molecule has 0 saturated heterocycles. The van der Waals surface area contributed by atoms with Gasteiger partial charge in [-0.3, -0.25) is 9.59 Å². The summed E-state index contributed by atoms with van der Waals surface area (Å²) in [5, 5.41) is 5.87. The molecule has 2 aromatic carbocycles. The number of amides is 2. The minimum atomic E-state index is -0.190. The fourth-order valence-electron chi connectivity index (χ4n) is 2.34. The molecule has 0 heterocycles. The van der Waals surface area contributed by atoms with Crippen molar-refractivity contribution < 1.29 is 14.3 Å². The zero-order valence-corrected chi connectivity index (χ0v) is 16.3. The van der Waals surface area contributed by atoms with E-state index < -0.39 is 0 Å². The Hall–Kier alpha value is -3.02. The van der Waals surface area contributed by atoms with E-state index in [2.05, 4.69) is 17.6 Å². The summed E-state index contributed by atoms with van der Waals surface area (Å²) < 4.78 is 5.73. The van der Waals surface area contributed by atoms with E-state index in [1.165, 1.54) is 4.90 Å². The van der Waals surface area contributed by atoms with Gasteiger partial charge in [-0.15, -0.1) is 0 Å². The maximum absolute atomic E-state index is 12.2. The molecule has 0 aliphatic rings. The predicted molar refractivity (Wildman–Crippen MR) is 108 cm³/mol. The number of anilines is 2. The van der Waals surface area contributed by atoms with E-state index >= 15 is 0 Å². The third-order valence-electron chi connectivity index (χ3n) is 4.02. The van der Waals surface area contributed by atoms with Crippen molar-refractivity contribution in [1.82, 2.24) is 4.90 Å². The number of hydrogen-bond acceptors (Lipinski definition) is 4. The maximum atomic E-state index is 12.2. The molecule has 0 aromatic heterocycles. The van der Waals surface area contributed by atoms with Crippen molar-refractivity contribution in [1.29, 1.82) is 0 Å². The van der Waals surface area contributed by atoms with Crippen LogP contribution in [0, 0.1) is 0 Å².